The van der Waals surface area contributed by atoms with Gasteiger partial charge >= 0.3 is 0 Å². The summed E-state index contributed by atoms with van der Waals surface area (Å²) in [6.45, 7) is 7.67. The number of nitrogens with one attached hydrogen (secondary N) is 1. The van der Waals surface area contributed by atoms with Crippen molar-refractivity contribution in [1.82, 2.24) is 4.98 Å². The molecule has 0 saturated heterocycles. The van der Waals surface area contributed by atoms with E-state index in [4.69, 9.17) is 0 Å². The lowest BCUT2D eigenvalue weighted by molar-refractivity contribution is 0.133. The van der Waals surface area contributed by atoms with Crippen molar-refractivity contribution >= 4 is 5.82 Å². The van der Waals surface area contributed by atoms with Gasteiger partial charge in [-0.05, 0) is 45.4 Å². The maximum atomic E-state index is 9.52. The van der Waals surface area contributed by atoms with E-state index in [-0.39, 0.29) is 5.54 Å². The largest absolute Gasteiger partial charge is 0.391 e. The molecular formula is C11H18N2O. The van der Waals surface area contributed by atoms with Gasteiger partial charge in [0.2, 0.25) is 0 Å². The van der Waals surface area contributed by atoms with Crippen LogP contribution in [0.1, 0.15) is 26.3 Å². The summed E-state index contributed by atoms with van der Waals surface area (Å²) >= 11 is 0. The quantitative estimate of drug-likeness (QED) is 0.773. The van der Waals surface area contributed by atoms with Crippen LogP contribution in [0.3, 0.4) is 0 Å². The van der Waals surface area contributed by atoms with E-state index >= 15 is 0 Å². The maximum Gasteiger partial charge on any atom is 0.126 e. The smallest absolute Gasteiger partial charge is 0.126 e. The lowest BCUT2D eigenvalue weighted by Crippen LogP contribution is -2.42. The van der Waals surface area contributed by atoms with E-state index in [0.717, 1.165) is 11.4 Å². The number of rotatable bonds is 3. The van der Waals surface area contributed by atoms with Crippen LogP contribution in [-0.2, 0) is 0 Å². The van der Waals surface area contributed by atoms with Crippen LogP contribution in [0.2, 0.25) is 0 Å². The molecule has 1 heterocycles. The molecule has 3 nitrogen and oxygen atoms in total. The third-order valence-electron chi connectivity index (χ3n) is 2.41. The van der Waals surface area contributed by atoms with E-state index in [9.17, 15) is 5.11 Å². The molecule has 1 aromatic rings. The molecule has 3 heteroatoms. The average molecular weight is 194 g/mol. The van der Waals surface area contributed by atoms with Crippen LogP contribution in [0.15, 0.2) is 18.3 Å². The van der Waals surface area contributed by atoms with Crippen molar-refractivity contribution in [3.63, 3.8) is 0 Å². The molecule has 0 spiro atoms. The summed E-state index contributed by atoms with van der Waals surface area (Å²) in [6, 6.07) is 3.91. The van der Waals surface area contributed by atoms with Crippen molar-refractivity contribution in [2.75, 3.05) is 5.32 Å². The Morgan fingerprint density at radius 1 is 1.50 bits per heavy atom. The SMILES string of the molecule is Cc1ccnc(NC(C)(C)C(C)O)c1. The predicted molar refractivity (Wildman–Crippen MR) is 58.4 cm³/mol. The number of anilines is 1. The number of aliphatic hydroxyl groups excluding tert-OH is 1. The monoisotopic (exact) mass is 194 g/mol. The number of aliphatic hydroxyl groups is 1. The van der Waals surface area contributed by atoms with Crippen LogP contribution in [0, 0.1) is 6.92 Å². The van der Waals surface area contributed by atoms with E-state index in [1.54, 1.807) is 13.1 Å². The first-order valence-electron chi connectivity index (χ1n) is 4.81. The minimum absolute atomic E-state index is 0.360. The molecule has 0 aliphatic rings. The van der Waals surface area contributed by atoms with E-state index in [1.807, 2.05) is 32.9 Å². The van der Waals surface area contributed by atoms with E-state index < -0.39 is 6.10 Å². The van der Waals surface area contributed by atoms with Gasteiger partial charge in [-0.1, -0.05) is 0 Å². The number of hydrogen-bond acceptors (Lipinski definition) is 3. The zero-order chi connectivity index (χ0) is 10.8. The molecule has 0 fully saturated rings. The Hall–Kier alpha value is -1.09. The Kier molecular flexibility index (Phi) is 3.11. The third-order valence-corrected chi connectivity index (χ3v) is 2.41. The second-order valence-electron chi connectivity index (χ2n) is 4.24. The van der Waals surface area contributed by atoms with Crippen LogP contribution in [0.25, 0.3) is 0 Å². The van der Waals surface area contributed by atoms with Gasteiger partial charge in [0, 0.05) is 6.20 Å². The Bertz CT molecular complexity index is 308. The topological polar surface area (TPSA) is 45.2 Å². The first-order valence-corrected chi connectivity index (χ1v) is 4.81. The second kappa shape index (κ2) is 3.96. The summed E-state index contributed by atoms with van der Waals surface area (Å²) in [5, 5.41) is 12.7. The van der Waals surface area contributed by atoms with Crippen molar-refractivity contribution in [1.29, 1.82) is 0 Å². The molecular weight excluding hydrogens is 176 g/mol. The van der Waals surface area contributed by atoms with Crippen LogP contribution in [-0.4, -0.2) is 21.7 Å². The zero-order valence-electron chi connectivity index (χ0n) is 9.20. The van der Waals surface area contributed by atoms with Crippen molar-refractivity contribution in [3.8, 4) is 0 Å². The van der Waals surface area contributed by atoms with Gasteiger partial charge < -0.3 is 10.4 Å². The molecule has 78 valence electrons. The molecule has 0 bridgehead atoms. The summed E-state index contributed by atoms with van der Waals surface area (Å²) in [5.41, 5.74) is 0.796. The highest BCUT2D eigenvalue weighted by atomic mass is 16.3. The highest BCUT2D eigenvalue weighted by Gasteiger charge is 2.23. The molecule has 1 rings (SSSR count). The van der Waals surface area contributed by atoms with E-state index in [1.165, 1.54) is 0 Å². The zero-order valence-corrected chi connectivity index (χ0v) is 9.20. The van der Waals surface area contributed by atoms with E-state index in [2.05, 4.69) is 10.3 Å². The molecule has 0 aromatic carbocycles. The first kappa shape index (κ1) is 11.0. The number of hydrogen-bond donors (Lipinski definition) is 2. The van der Waals surface area contributed by atoms with Gasteiger partial charge in [0.15, 0.2) is 0 Å². The molecule has 0 radical (unpaired) electrons. The Morgan fingerprint density at radius 2 is 2.14 bits per heavy atom. The van der Waals surface area contributed by atoms with Crippen molar-refractivity contribution in [3.05, 3.63) is 23.9 Å². The Balaban J connectivity index is 2.78. The number of nitrogens with zero attached hydrogens (tertiary/aromatic N) is 1. The highest BCUT2D eigenvalue weighted by molar-refractivity contribution is 5.39. The number of pyridine rings is 1. The van der Waals surface area contributed by atoms with Crippen LogP contribution < -0.4 is 5.32 Å². The number of aryl methyl sites for hydroxylation is 1. The molecule has 1 atom stereocenters. The third kappa shape index (κ3) is 2.70. The minimum atomic E-state index is -0.426. The van der Waals surface area contributed by atoms with Crippen molar-refractivity contribution in [2.45, 2.75) is 39.3 Å². The van der Waals surface area contributed by atoms with Gasteiger partial charge in [-0.15, -0.1) is 0 Å². The van der Waals surface area contributed by atoms with Crippen molar-refractivity contribution < 1.29 is 5.11 Å². The molecule has 0 amide bonds. The van der Waals surface area contributed by atoms with Gasteiger partial charge in [-0.3, -0.25) is 0 Å². The molecule has 0 saturated carbocycles. The Morgan fingerprint density at radius 3 is 2.64 bits per heavy atom. The second-order valence-corrected chi connectivity index (χ2v) is 4.24. The summed E-state index contributed by atoms with van der Waals surface area (Å²) in [6.07, 6.45) is 1.33. The fraction of sp³-hybridized carbons (Fsp3) is 0.545. The molecule has 1 unspecified atom stereocenters. The predicted octanol–water partition coefficient (Wildman–Crippen LogP) is 1.96. The number of aromatic nitrogens is 1. The average Bonchev–Trinajstić information content (AvgIpc) is 2.02. The van der Waals surface area contributed by atoms with Gasteiger partial charge in [-0.25, -0.2) is 4.98 Å². The summed E-state index contributed by atoms with van der Waals surface area (Å²) in [4.78, 5) is 4.18. The fourth-order valence-electron chi connectivity index (χ4n) is 1.04. The van der Waals surface area contributed by atoms with Crippen LogP contribution in [0.5, 0.6) is 0 Å². The summed E-state index contributed by atoms with van der Waals surface area (Å²) in [5.74, 6) is 0.802. The lowest BCUT2D eigenvalue weighted by atomic mass is 9.99. The fourth-order valence-corrected chi connectivity index (χ4v) is 1.04. The molecule has 1 aromatic heterocycles. The van der Waals surface area contributed by atoms with E-state index in [0.29, 0.717) is 0 Å². The molecule has 0 aliphatic carbocycles. The molecule has 2 N–H and O–H groups in total. The summed E-state index contributed by atoms with van der Waals surface area (Å²) in [7, 11) is 0. The van der Waals surface area contributed by atoms with Gasteiger partial charge in [0.1, 0.15) is 5.82 Å². The lowest BCUT2D eigenvalue weighted by Gasteiger charge is -2.29. The van der Waals surface area contributed by atoms with Crippen LogP contribution in [0.4, 0.5) is 5.82 Å². The molecule has 14 heavy (non-hydrogen) atoms. The standard InChI is InChI=1S/C11H18N2O/c1-8-5-6-12-10(7-8)13-11(3,4)9(2)14/h5-7,9,14H,1-4H3,(H,12,13). The normalized spacial score (nSPS) is 13.8. The maximum absolute atomic E-state index is 9.52. The molecule has 0 aliphatic heterocycles. The Labute approximate surface area is 85.2 Å². The van der Waals surface area contributed by atoms with Gasteiger partial charge in [0.25, 0.3) is 0 Å². The van der Waals surface area contributed by atoms with Crippen LogP contribution >= 0.6 is 0 Å². The minimum Gasteiger partial charge on any atom is -0.391 e. The summed E-state index contributed by atoms with van der Waals surface area (Å²) < 4.78 is 0. The first-order chi connectivity index (χ1) is 6.42. The van der Waals surface area contributed by atoms with Gasteiger partial charge in [0.05, 0.1) is 11.6 Å². The highest BCUT2D eigenvalue weighted by Crippen LogP contribution is 2.16. The van der Waals surface area contributed by atoms with Crippen molar-refractivity contribution in [2.24, 2.45) is 0 Å². The van der Waals surface area contributed by atoms with Gasteiger partial charge in [-0.2, -0.15) is 0 Å².